The van der Waals surface area contributed by atoms with Crippen LogP contribution in [0.25, 0.3) is 22.3 Å². The van der Waals surface area contributed by atoms with E-state index in [1.54, 1.807) is 24.3 Å². The van der Waals surface area contributed by atoms with Crippen molar-refractivity contribution in [1.29, 1.82) is 0 Å². The number of halogens is 6. The highest BCUT2D eigenvalue weighted by Gasteiger charge is 2.42. The van der Waals surface area contributed by atoms with Gasteiger partial charge in [0.15, 0.2) is 23.0 Å². The van der Waals surface area contributed by atoms with Gasteiger partial charge in [-0.3, -0.25) is 0 Å². The van der Waals surface area contributed by atoms with Gasteiger partial charge >= 0.3 is 12.4 Å². The van der Waals surface area contributed by atoms with E-state index in [9.17, 15) is 26.3 Å². The summed E-state index contributed by atoms with van der Waals surface area (Å²) in [6, 6.07) is 42.4. The lowest BCUT2D eigenvalue weighted by atomic mass is 9.71. The third-order valence-corrected chi connectivity index (χ3v) is 13.9. The second-order valence-electron chi connectivity index (χ2n) is 17.8. The van der Waals surface area contributed by atoms with Gasteiger partial charge in [0.1, 0.15) is 0 Å². The molecule has 2 saturated carbocycles. The third-order valence-electron chi connectivity index (χ3n) is 13.9. The fourth-order valence-corrected chi connectivity index (χ4v) is 10.9. The molecule has 0 N–H and O–H groups in total. The minimum atomic E-state index is -4.57. The number of nitrogens with zero attached hydrogens (tertiary/aromatic N) is 2. The van der Waals surface area contributed by atoms with E-state index in [0.717, 1.165) is 145 Å². The molecule has 4 nitrogen and oxygen atoms in total. The maximum Gasteiger partial charge on any atom is 0.416 e. The average Bonchev–Trinajstić information content (AvgIpc) is 3.34. The summed E-state index contributed by atoms with van der Waals surface area (Å²) in [6.45, 7) is 0. The molecular formula is C56H46F6N2O2. The smallest absolute Gasteiger partial charge is 0.416 e. The number of hydrogen-bond donors (Lipinski definition) is 0. The number of fused-ring (bicyclic) bond motifs is 4. The zero-order valence-electron chi connectivity index (χ0n) is 36.1. The molecule has 0 amide bonds. The fourth-order valence-electron chi connectivity index (χ4n) is 10.9. The van der Waals surface area contributed by atoms with Crippen LogP contribution >= 0.6 is 0 Å². The van der Waals surface area contributed by atoms with E-state index in [1.807, 2.05) is 97.1 Å². The minimum absolute atomic E-state index is 0.0742. The normalized spacial score (nSPS) is 16.4. The molecule has 0 spiro atoms. The number of ether oxygens (including phenoxy) is 2. The van der Waals surface area contributed by atoms with E-state index in [1.165, 1.54) is 0 Å². The standard InChI is InChI=1S/C56H46F6N2O2/c57-55(58,59)39-31-27-37(28-32-39)50-49(35-15-3-1-4-16-35)51(38-29-33-40(34-30-38)56(60,61)62)54(64-43-21-9-13-25-47(43)66-48-26-14-10-22-44(48)64)52(36-17-5-2-6-18-36)53(50)63-41-19-7-11-23-45(41)65-46-24-12-8-20-42(46)63/h7-14,19-36H,1-6,15-18H2. The molecule has 10 heteroatoms. The van der Waals surface area contributed by atoms with Crippen LogP contribution in [0.4, 0.5) is 60.5 Å². The van der Waals surface area contributed by atoms with E-state index in [4.69, 9.17) is 9.47 Å². The summed E-state index contributed by atoms with van der Waals surface area (Å²) in [4.78, 5) is 4.52. The predicted molar refractivity (Wildman–Crippen MR) is 248 cm³/mol. The molecule has 66 heavy (non-hydrogen) atoms. The summed E-state index contributed by atoms with van der Waals surface area (Å²) in [6.07, 6.45) is -0.115. The van der Waals surface area contributed by atoms with E-state index in [0.29, 0.717) is 34.1 Å². The summed E-state index contributed by atoms with van der Waals surface area (Å²) >= 11 is 0. The van der Waals surface area contributed by atoms with Crippen molar-refractivity contribution in [2.75, 3.05) is 9.80 Å². The molecule has 2 heterocycles. The Morgan fingerprint density at radius 1 is 0.364 bits per heavy atom. The van der Waals surface area contributed by atoms with Gasteiger partial charge in [-0.15, -0.1) is 0 Å². The van der Waals surface area contributed by atoms with Gasteiger partial charge in [0.05, 0.1) is 45.3 Å². The molecule has 2 aliphatic carbocycles. The summed E-state index contributed by atoms with van der Waals surface area (Å²) in [5.41, 5.74) is 7.84. The number of hydrogen-bond acceptors (Lipinski definition) is 4. The van der Waals surface area contributed by atoms with Crippen molar-refractivity contribution in [3.63, 3.8) is 0 Å². The van der Waals surface area contributed by atoms with Gasteiger partial charge in [0.25, 0.3) is 0 Å². The Balaban J connectivity index is 1.39. The Hall–Kier alpha value is -6.68. The number of alkyl halides is 6. The van der Waals surface area contributed by atoms with Gasteiger partial charge in [0, 0.05) is 16.7 Å². The molecule has 0 radical (unpaired) electrons. The lowest BCUT2D eigenvalue weighted by Crippen LogP contribution is -2.26. The maximum atomic E-state index is 14.5. The van der Waals surface area contributed by atoms with E-state index < -0.39 is 23.5 Å². The van der Waals surface area contributed by atoms with Crippen molar-refractivity contribution >= 4 is 34.1 Å². The highest BCUT2D eigenvalue weighted by molar-refractivity contribution is 6.07. The van der Waals surface area contributed by atoms with Crippen molar-refractivity contribution in [3.05, 3.63) is 168 Å². The van der Waals surface area contributed by atoms with Gasteiger partial charge < -0.3 is 19.3 Å². The summed E-state index contributed by atoms with van der Waals surface area (Å²) in [5, 5.41) is 0. The zero-order chi connectivity index (χ0) is 45.2. The van der Waals surface area contributed by atoms with Crippen LogP contribution in [-0.2, 0) is 12.4 Å². The van der Waals surface area contributed by atoms with Crippen molar-refractivity contribution in [2.45, 2.75) is 88.4 Å². The highest BCUT2D eigenvalue weighted by atomic mass is 19.4. The second kappa shape index (κ2) is 16.6. The molecule has 7 aromatic rings. The van der Waals surface area contributed by atoms with Gasteiger partial charge in [-0.2, -0.15) is 26.3 Å². The van der Waals surface area contributed by atoms with Gasteiger partial charge in [-0.1, -0.05) is 111 Å². The van der Waals surface area contributed by atoms with Gasteiger partial charge in [-0.05, 0) is 127 Å². The van der Waals surface area contributed by atoms with Gasteiger partial charge in [-0.25, -0.2) is 0 Å². The number of para-hydroxylation sites is 8. The summed E-state index contributed by atoms with van der Waals surface area (Å²) < 4.78 is 100. The van der Waals surface area contributed by atoms with Crippen molar-refractivity contribution in [3.8, 4) is 45.3 Å². The lowest BCUT2D eigenvalue weighted by Gasteiger charge is -2.44. The quantitative estimate of drug-likeness (QED) is 0.155. The minimum Gasteiger partial charge on any atom is -0.453 e. The molecule has 334 valence electrons. The SMILES string of the molecule is FC(F)(F)c1ccc(-c2c(C3CCCCC3)c(-c3ccc(C(F)(F)F)cc3)c(N3c4ccccc4Oc4ccccc43)c(C3CCCCC3)c2N2c3ccccc3Oc3ccccc32)cc1. The molecule has 0 atom stereocenters. The van der Waals surface area contributed by atoms with Crippen LogP contribution in [0.2, 0.25) is 0 Å². The number of benzene rings is 7. The number of rotatable bonds is 6. The van der Waals surface area contributed by atoms with E-state index in [2.05, 4.69) is 9.80 Å². The summed E-state index contributed by atoms with van der Waals surface area (Å²) in [5.74, 6) is 2.31. The summed E-state index contributed by atoms with van der Waals surface area (Å²) in [7, 11) is 0. The van der Waals surface area contributed by atoms with Crippen LogP contribution in [0.15, 0.2) is 146 Å². The third kappa shape index (κ3) is 7.35. The van der Waals surface area contributed by atoms with Crippen LogP contribution in [0.1, 0.15) is 98.3 Å². The van der Waals surface area contributed by atoms with Crippen molar-refractivity contribution in [1.82, 2.24) is 0 Å². The molecule has 0 aromatic heterocycles. The average molecular weight is 893 g/mol. The fraction of sp³-hybridized carbons (Fsp3) is 0.250. The number of anilines is 6. The maximum absolute atomic E-state index is 14.5. The van der Waals surface area contributed by atoms with Crippen LogP contribution in [0, 0.1) is 0 Å². The second-order valence-corrected chi connectivity index (χ2v) is 17.8. The van der Waals surface area contributed by atoms with E-state index >= 15 is 0 Å². The monoisotopic (exact) mass is 892 g/mol. The van der Waals surface area contributed by atoms with Crippen LogP contribution in [0.3, 0.4) is 0 Å². The Kier molecular flexibility index (Phi) is 10.6. The molecule has 11 rings (SSSR count). The lowest BCUT2D eigenvalue weighted by molar-refractivity contribution is -0.138. The molecule has 0 bridgehead atoms. The first-order valence-corrected chi connectivity index (χ1v) is 23.0. The highest BCUT2D eigenvalue weighted by Crippen LogP contribution is 2.65. The Morgan fingerprint density at radius 3 is 0.985 bits per heavy atom. The first kappa shape index (κ1) is 42.0. The van der Waals surface area contributed by atoms with E-state index in [-0.39, 0.29) is 11.8 Å². The van der Waals surface area contributed by atoms with Crippen LogP contribution in [-0.4, -0.2) is 0 Å². The van der Waals surface area contributed by atoms with Crippen LogP contribution in [0.5, 0.6) is 23.0 Å². The predicted octanol–water partition coefficient (Wildman–Crippen LogP) is 18.3. The first-order valence-electron chi connectivity index (χ1n) is 23.0. The van der Waals surface area contributed by atoms with Crippen molar-refractivity contribution < 1.29 is 35.8 Å². The van der Waals surface area contributed by atoms with Crippen molar-refractivity contribution in [2.24, 2.45) is 0 Å². The largest absolute Gasteiger partial charge is 0.453 e. The Labute approximate surface area is 380 Å². The first-order chi connectivity index (χ1) is 32.0. The molecular weight excluding hydrogens is 847 g/mol. The molecule has 2 fully saturated rings. The molecule has 2 aliphatic heterocycles. The molecule has 4 aliphatic rings. The molecule has 0 unspecified atom stereocenters. The topological polar surface area (TPSA) is 24.9 Å². The van der Waals surface area contributed by atoms with Gasteiger partial charge in [0.2, 0.25) is 0 Å². The molecule has 7 aromatic carbocycles. The zero-order valence-corrected chi connectivity index (χ0v) is 36.1. The van der Waals surface area contributed by atoms with Crippen LogP contribution < -0.4 is 19.3 Å². The Bertz CT molecular complexity index is 2660. The molecule has 0 saturated heterocycles. The Morgan fingerprint density at radius 2 is 0.667 bits per heavy atom.